The van der Waals surface area contributed by atoms with Crippen molar-refractivity contribution >= 4 is 93.0 Å². The number of anilines is 3. The zero-order valence-corrected chi connectivity index (χ0v) is 72.6. The van der Waals surface area contributed by atoms with Crippen LogP contribution in [-0.2, 0) is 92.8 Å². The van der Waals surface area contributed by atoms with Crippen molar-refractivity contribution in [3.05, 3.63) is 125 Å². The minimum absolute atomic E-state index is 0.00625. The van der Waals surface area contributed by atoms with Gasteiger partial charge in [-0.15, -0.1) is 0 Å². The number of fused-ring (bicyclic) bond motifs is 6. The molecule has 9 heterocycles. The predicted octanol–water partition coefficient (Wildman–Crippen LogP) is 8.71. The summed E-state index contributed by atoms with van der Waals surface area (Å²) in [5.41, 5.74) is 20.7. The number of cyclic esters (lactones) is 1. The van der Waals surface area contributed by atoms with Gasteiger partial charge in [0.15, 0.2) is 11.2 Å². The Hall–Kier alpha value is -10.7. The van der Waals surface area contributed by atoms with Crippen LogP contribution in [0.5, 0.6) is 0 Å². The molecule has 9 atom stereocenters. The molecule has 5 aliphatic heterocycles. The maximum atomic E-state index is 14.5. The van der Waals surface area contributed by atoms with Gasteiger partial charge in [0.25, 0.3) is 11.9 Å². The summed E-state index contributed by atoms with van der Waals surface area (Å²) in [5.74, 6) is -2.80. The van der Waals surface area contributed by atoms with Crippen LogP contribution in [0.15, 0.2) is 107 Å². The Kier molecular flexibility index (Phi) is 33.4. The van der Waals surface area contributed by atoms with E-state index >= 15 is 0 Å². The number of nitrogen functional groups attached to an aromatic ring is 2. The molecule has 33 nitrogen and oxygen atoms in total. The quantitative estimate of drug-likeness (QED) is 0.0164. The number of likely N-dealkylation sites (N-methyl/N-ethyl adjacent to an activating group) is 1. The zero-order chi connectivity index (χ0) is 87.9. The largest absolute Gasteiger partial charge is 0.460 e. The zero-order valence-electron chi connectivity index (χ0n) is 72.6. The van der Waals surface area contributed by atoms with E-state index in [0.717, 1.165) is 22.3 Å². The number of ether oxygens (including phenoxy) is 6. The molecule has 12 rings (SSSR count). The summed E-state index contributed by atoms with van der Waals surface area (Å²) in [6.07, 6.45) is 20.2. The van der Waals surface area contributed by atoms with Gasteiger partial charge >= 0.3 is 12.1 Å². The van der Waals surface area contributed by atoms with E-state index in [1.807, 2.05) is 83.8 Å². The van der Waals surface area contributed by atoms with Crippen molar-refractivity contribution < 1.29 is 81.1 Å². The molecule has 4 aromatic heterocycles. The standard InChI is InChI=1S/C91H122N16O17/c1-57-14-9-8-10-15-58(2)78(118-7)47-69-16-13-18-77(121-69)84(114)87(115)106-32-12-11-17-72(106)88(116)122-70(46-73(108)60(4)43-61(5)75(110)48-74(109)59(3)42-57)27-22-62-20-25-68(26-21-62)123-91(117)97-51-64-49-95-90(96-50-64)104-36-34-103(35-37-104)81(113)55-102(6)54-79(111)94-31-39-120-41-40-119-38-30-80(112)105-33-29-65-44-63(19-23-67(65)53-105)52-107-86-82(85(92)98-56-99-86)83(101-107)66-24-28-76-71(45-66)100-89(93)124-76/h8-10,14-15,19,23-24,28,43-45,49-50,56-57,59-60,62,68-70,72,75,77-78,110H,11-13,16-18,20-22,25-27,29-42,46-48,51-55H2,1-7H3,(H2,93,100)(H,94,111)(H,97,117)(H2,92,98,99)/b10-8+,14-9+,58-15+,61-43+/t57-,59-,60-,62-,68-,69?,70-,72+,75+,77?,78+/m1/s1. The van der Waals surface area contributed by atoms with Gasteiger partial charge in [-0.1, -0.05) is 75.4 Å². The molecule has 1 saturated carbocycles. The number of amides is 5. The number of methoxy groups -OCH3 is 1. The maximum absolute atomic E-state index is 14.5. The highest BCUT2D eigenvalue weighted by Crippen LogP contribution is 2.36. The predicted molar refractivity (Wildman–Crippen MR) is 463 cm³/mol. The topological polar surface area (TPSA) is 417 Å². The summed E-state index contributed by atoms with van der Waals surface area (Å²) < 4.78 is 43.1. The van der Waals surface area contributed by atoms with E-state index in [1.165, 1.54) is 16.8 Å². The normalized spacial score (nSPS) is 25.4. The minimum atomic E-state index is -1.10. The monoisotopic (exact) mass is 1710 g/mol. The molecule has 4 fully saturated rings. The molecule has 6 aromatic rings. The van der Waals surface area contributed by atoms with Crippen LogP contribution in [0.25, 0.3) is 33.4 Å². The van der Waals surface area contributed by atoms with E-state index in [1.54, 1.807) is 62.3 Å². The number of esters is 1. The van der Waals surface area contributed by atoms with Crippen LogP contribution >= 0.6 is 0 Å². The van der Waals surface area contributed by atoms with E-state index in [0.29, 0.717) is 186 Å². The lowest BCUT2D eigenvalue weighted by Gasteiger charge is -2.36. The second kappa shape index (κ2) is 44.8. The van der Waals surface area contributed by atoms with Crippen LogP contribution in [0.3, 0.4) is 0 Å². The van der Waals surface area contributed by atoms with Crippen molar-refractivity contribution in [1.82, 2.24) is 64.9 Å². The molecule has 6 aliphatic rings. The van der Waals surface area contributed by atoms with Gasteiger partial charge in [0, 0.05) is 121 Å². The first-order chi connectivity index (χ1) is 59.8. The number of hydrogen-bond donors (Lipinski definition) is 5. The molecule has 1 aliphatic carbocycles. The van der Waals surface area contributed by atoms with Gasteiger partial charge in [-0.05, 0) is 169 Å². The van der Waals surface area contributed by atoms with Crippen LogP contribution in [0, 0.1) is 23.7 Å². The first kappa shape index (κ1) is 92.5. The maximum Gasteiger partial charge on any atom is 0.407 e. The number of carbonyl (C=O) groups is 9. The molecule has 668 valence electrons. The fourth-order valence-electron chi connectivity index (χ4n) is 17.3. The van der Waals surface area contributed by atoms with Crippen molar-refractivity contribution in [3.8, 4) is 11.3 Å². The van der Waals surface area contributed by atoms with Crippen LogP contribution in [0.4, 0.5) is 22.6 Å². The summed E-state index contributed by atoms with van der Waals surface area (Å²) >= 11 is 0. The molecule has 5 amide bonds. The molecule has 2 aromatic carbocycles. The first-order valence-electron chi connectivity index (χ1n) is 43.9. The van der Waals surface area contributed by atoms with Gasteiger partial charge in [0.05, 0.1) is 76.2 Å². The van der Waals surface area contributed by atoms with Gasteiger partial charge in [-0.3, -0.25) is 38.5 Å². The third kappa shape index (κ3) is 25.7. The van der Waals surface area contributed by atoms with Crippen molar-refractivity contribution in [2.45, 2.75) is 212 Å². The number of rotatable bonds is 24. The number of Topliss-reactive ketones (excluding diaryl/α,β-unsaturated/α-hetero) is 3. The highest BCUT2D eigenvalue weighted by atomic mass is 16.6. The van der Waals surface area contributed by atoms with E-state index < -0.39 is 54.0 Å². The molecule has 0 radical (unpaired) electrons. The number of benzene rings is 2. The number of nitrogens with one attached hydrogen (secondary N) is 2. The van der Waals surface area contributed by atoms with E-state index in [4.69, 9.17) is 49.4 Å². The molecular formula is C91H122N16O17. The Labute approximate surface area is 723 Å². The number of hydrogen-bond acceptors (Lipinski definition) is 27. The Morgan fingerprint density at radius 1 is 0.734 bits per heavy atom. The SMILES string of the molecule is CO[C@H]1CC2CCCC(O2)C(=O)C(=O)N2CCCC[C@H]2C(=O)O[C@H](CC[C@H]2CC[C@H](OC(=O)NCc3cnc(N4CCN(C(=O)CN(C)CC(=O)NCCOCCOCCC(=O)N5CCc6cc(Cn7nc(-c8ccc9oc(N)nc9c8)c8c(N)ncnc87)ccc6C5)CC4)nc3)CC2)CC(=O)[C@H](C)/C=C(\C)[C@@H](O)CC(=O)[C@H](C)C[C@H](C)/C=C/C=C/C=C/1C. The van der Waals surface area contributed by atoms with Crippen molar-refractivity contribution in [2.75, 3.05) is 116 Å². The first-order valence-corrected chi connectivity index (χ1v) is 43.9. The van der Waals surface area contributed by atoms with E-state index in [2.05, 4.69) is 47.7 Å². The lowest BCUT2D eigenvalue weighted by atomic mass is 9.83. The van der Waals surface area contributed by atoms with Crippen LogP contribution in [0.1, 0.15) is 166 Å². The summed E-state index contributed by atoms with van der Waals surface area (Å²) in [4.78, 5) is 154. The smallest absolute Gasteiger partial charge is 0.407 e. The molecular weight excluding hydrogens is 1590 g/mol. The number of aliphatic hydroxyl groups excluding tert-OH is 1. The highest BCUT2D eigenvalue weighted by molar-refractivity contribution is 6.38. The summed E-state index contributed by atoms with van der Waals surface area (Å²) in [6.45, 7) is 14.4. The molecule has 33 heteroatoms. The van der Waals surface area contributed by atoms with Gasteiger partial charge in [-0.25, -0.2) is 34.2 Å². The van der Waals surface area contributed by atoms with Crippen molar-refractivity contribution in [2.24, 2.45) is 23.7 Å². The number of aliphatic hydroxyl groups is 1. The highest BCUT2D eigenvalue weighted by Gasteiger charge is 2.42. The fourth-order valence-corrected chi connectivity index (χ4v) is 17.3. The number of nitrogens with two attached hydrogens (primary N) is 2. The summed E-state index contributed by atoms with van der Waals surface area (Å²) in [6, 6.07) is 10.8. The van der Waals surface area contributed by atoms with Crippen molar-refractivity contribution in [1.29, 1.82) is 0 Å². The van der Waals surface area contributed by atoms with Gasteiger partial charge in [-0.2, -0.15) is 10.1 Å². The number of ketones is 3. The Balaban J connectivity index is 0.516. The Morgan fingerprint density at radius 3 is 2.30 bits per heavy atom. The lowest BCUT2D eigenvalue weighted by Crippen LogP contribution is -2.54. The number of nitrogens with zero attached hydrogens (tertiary/aromatic N) is 12. The molecule has 2 bridgehead atoms. The third-order valence-electron chi connectivity index (χ3n) is 24.5. The Bertz CT molecular complexity index is 4840. The Morgan fingerprint density at radius 2 is 1.52 bits per heavy atom. The van der Waals surface area contributed by atoms with E-state index in [9.17, 15) is 48.3 Å². The fraction of sp³-hybridized carbons (Fsp3) is 0.571. The van der Waals surface area contributed by atoms with E-state index in [-0.39, 0.29) is 156 Å². The lowest BCUT2D eigenvalue weighted by molar-refractivity contribution is -0.167. The van der Waals surface area contributed by atoms with Gasteiger partial charge < -0.3 is 79.6 Å². The van der Waals surface area contributed by atoms with Gasteiger partial charge in [0.1, 0.15) is 59.3 Å². The number of alkyl carbamates (subject to hydrolysis) is 1. The van der Waals surface area contributed by atoms with Crippen LogP contribution in [0.2, 0.25) is 0 Å². The molecule has 2 unspecified atom stereocenters. The molecule has 0 spiro atoms. The number of aromatic nitrogens is 7. The number of piperazine rings is 1. The second-order valence-corrected chi connectivity index (χ2v) is 34.0. The molecule has 7 N–H and O–H groups in total. The van der Waals surface area contributed by atoms with Gasteiger partial charge in [0.2, 0.25) is 29.5 Å². The van der Waals surface area contributed by atoms with Crippen LogP contribution < -0.4 is 27.0 Å². The average Bonchev–Trinajstić information content (AvgIpc) is 1.61. The number of piperidine rings is 1. The number of carbonyl (C=O) groups excluding carboxylic acids is 9. The number of allylic oxidation sites excluding steroid dienone is 6. The molecule has 3 saturated heterocycles. The average molecular weight is 1710 g/mol. The second-order valence-electron chi connectivity index (χ2n) is 34.0. The third-order valence-corrected chi connectivity index (χ3v) is 24.5. The molecule has 124 heavy (non-hydrogen) atoms. The number of oxazole rings is 1. The van der Waals surface area contributed by atoms with Crippen LogP contribution in [-0.4, -0.2) is 255 Å². The summed E-state index contributed by atoms with van der Waals surface area (Å²) in [7, 11) is 3.35. The van der Waals surface area contributed by atoms with Crippen molar-refractivity contribution in [3.63, 3.8) is 0 Å². The summed E-state index contributed by atoms with van der Waals surface area (Å²) in [5, 5.41) is 22.5. The minimum Gasteiger partial charge on any atom is -0.460 e.